The van der Waals surface area contributed by atoms with Crippen molar-refractivity contribution in [1.29, 1.82) is 0 Å². The van der Waals surface area contributed by atoms with E-state index in [4.69, 9.17) is 9.47 Å². The maximum Gasteiger partial charge on any atom is 0.324 e. The van der Waals surface area contributed by atoms with E-state index >= 15 is 0 Å². The van der Waals surface area contributed by atoms with E-state index in [1.807, 2.05) is 12.1 Å². The summed E-state index contributed by atoms with van der Waals surface area (Å²) in [5, 5.41) is 0. The second-order valence-corrected chi connectivity index (χ2v) is 8.46. The molecule has 0 N–H and O–H groups in total. The lowest BCUT2D eigenvalue weighted by Crippen LogP contribution is -2.65. The maximum absolute atomic E-state index is 12.8. The summed E-state index contributed by atoms with van der Waals surface area (Å²) in [5.74, 6) is -0.622. The van der Waals surface area contributed by atoms with E-state index in [-0.39, 0.29) is 41.7 Å². The monoisotopic (exact) mass is 388 g/mol. The van der Waals surface area contributed by atoms with Crippen LogP contribution in [0.4, 0.5) is 0 Å². The molecule has 6 rings (SSSR count). The first-order valence-corrected chi connectivity index (χ1v) is 9.13. The van der Waals surface area contributed by atoms with Crippen LogP contribution in [0.2, 0.25) is 0 Å². The fourth-order valence-corrected chi connectivity index (χ4v) is 6.51. The second-order valence-electron chi connectivity index (χ2n) is 7.15. The number of allylic oxidation sites excluding steroid dienone is 1. The fourth-order valence-electron chi connectivity index (χ4n) is 5.43. The first-order chi connectivity index (χ1) is 11.6. The smallest absolute Gasteiger partial charge is 0.324 e. The first-order valence-electron chi connectivity index (χ1n) is 8.34. The molecule has 3 fully saturated rings. The van der Waals surface area contributed by atoms with Gasteiger partial charge in [-0.15, -0.1) is 0 Å². The van der Waals surface area contributed by atoms with Crippen LogP contribution in [0.15, 0.2) is 35.9 Å². The van der Waals surface area contributed by atoms with Gasteiger partial charge < -0.3 is 9.47 Å². The van der Waals surface area contributed by atoms with Crippen LogP contribution in [0.25, 0.3) is 0 Å². The lowest BCUT2D eigenvalue weighted by atomic mass is 9.50. The molecule has 2 saturated heterocycles. The molecule has 5 heteroatoms. The number of esters is 2. The molecular weight excluding hydrogens is 372 g/mol. The number of carbonyl (C=O) groups is 2. The molecule has 0 amide bonds. The van der Waals surface area contributed by atoms with E-state index in [2.05, 4.69) is 34.1 Å². The Labute approximate surface area is 148 Å². The van der Waals surface area contributed by atoms with Gasteiger partial charge in [0, 0.05) is 17.8 Å². The van der Waals surface area contributed by atoms with Gasteiger partial charge in [0.15, 0.2) is 0 Å². The average Bonchev–Trinajstić information content (AvgIpc) is 2.61. The molecule has 4 bridgehead atoms. The summed E-state index contributed by atoms with van der Waals surface area (Å²) in [4.78, 5) is 25.2. The van der Waals surface area contributed by atoms with Gasteiger partial charge in [0.05, 0.1) is 13.0 Å². The Kier molecular flexibility index (Phi) is 2.89. The summed E-state index contributed by atoms with van der Waals surface area (Å²) in [6.07, 6.45) is 3.41. The number of methoxy groups -OCH3 is 1. The highest BCUT2D eigenvalue weighted by Gasteiger charge is 2.69. The predicted octanol–water partition coefficient (Wildman–Crippen LogP) is 3.07. The molecule has 1 aromatic rings. The Morgan fingerprint density at radius 1 is 1.33 bits per heavy atom. The number of hydrogen-bond donors (Lipinski definition) is 0. The molecule has 0 unspecified atom stereocenters. The quantitative estimate of drug-likeness (QED) is 0.421. The molecule has 1 aromatic carbocycles. The molecule has 124 valence electrons. The van der Waals surface area contributed by atoms with Crippen molar-refractivity contribution in [3.63, 3.8) is 0 Å². The minimum atomic E-state index is -0.765. The molecular formula is C19H17BrO4. The largest absolute Gasteiger partial charge is 0.469 e. The molecule has 0 aromatic heterocycles. The number of alkyl halides is 1. The topological polar surface area (TPSA) is 52.6 Å². The minimum Gasteiger partial charge on any atom is -0.469 e. The highest BCUT2D eigenvalue weighted by atomic mass is 79.9. The van der Waals surface area contributed by atoms with E-state index < -0.39 is 4.32 Å². The van der Waals surface area contributed by atoms with Crippen molar-refractivity contribution in [1.82, 2.24) is 0 Å². The van der Waals surface area contributed by atoms with Gasteiger partial charge in [-0.05, 0) is 29.5 Å². The summed E-state index contributed by atoms with van der Waals surface area (Å²) in [7, 11) is 1.43. The average molecular weight is 389 g/mol. The Bertz CT molecular complexity index is 800. The highest BCUT2D eigenvalue weighted by Crippen LogP contribution is 2.67. The second kappa shape index (κ2) is 4.72. The van der Waals surface area contributed by atoms with E-state index in [0.29, 0.717) is 6.42 Å². The molecule has 2 heterocycles. The van der Waals surface area contributed by atoms with Gasteiger partial charge in [0.1, 0.15) is 10.4 Å². The van der Waals surface area contributed by atoms with Gasteiger partial charge in [-0.25, -0.2) is 0 Å². The lowest BCUT2D eigenvalue weighted by Gasteiger charge is -2.60. The third kappa shape index (κ3) is 1.55. The zero-order valence-corrected chi connectivity index (χ0v) is 14.8. The lowest BCUT2D eigenvalue weighted by molar-refractivity contribution is -0.168. The standard InChI is InChI=1S/C19H17BrO4/c1-23-17(21)12-7-6-11-14-8-13-9-4-2-3-5-10(9)15(12)16(11)19(13,20)18(22)24-14/h2-6,12-16H,7-8H2,1H3/t12-,13+,14-,15+,16-,19-/m0/s1. The third-order valence-electron chi connectivity index (χ3n) is 6.34. The SMILES string of the molecule is COC(=O)[C@H]1CC=C2[C@@H]3C[C@@H]4c5ccccc5[C@H]1[C@H]2[C@]4(Br)C(=O)O3. The third-order valence-corrected chi connectivity index (χ3v) is 7.71. The van der Waals surface area contributed by atoms with Crippen molar-refractivity contribution < 1.29 is 19.1 Å². The number of halogens is 1. The van der Waals surface area contributed by atoms with Crippen LogP contribution in [-0.4, -0.2) is 29.5 Å². The van der Waals surface area contributed by atoms with Crippen LogP contribution in [0.5, 0.6) is 0 Å². The van der Waals surface area contributed by atoms with E-state index in [1.165, 1.54) is 23.8 Å². The van der Waals surface area contributed by atoms with Gasteiger partial charge in [-0.3, -0.25) is 9.59 Å². The van der Waals surface area contributed by atoms with Crippen LogP contribution in [0, 0.1) is 11.8 Å². The van der Waals surface area contributed by atoms with E-state index in [1.54, 1.807) is 0 Å². The van der Waals surface area contributed by atoms with Crippen LogP contribution < -0.4 is 0 Å². The molecule has 3 aliphatic carbocycles. The number of benzene rings is 1. The molecule has 4 nitrogen and oxygen atoms in total. The van der Waals surface area contributed by atoms with Crippen molar-refractivity contribution >= 4 is 27.9 Å². The van der Waals surface area contributed by atoms with Crippen molar-refractivity contribution in [2.45, 2.75) is 35.1 Å². The van der Waals surface area contributed by atoms with Gasteiger partial charge in [-0.1, -0.05) is 46.3 Å². The molecule has 5 aliphatic rings. The van der Waals surface area contributed by atoms with Gasteiger partial charge >= 0.3 is 11.9 Å². The number of carbonyl (C=O) groups excluding carboxylic acids is 2. The Morgan fingerprint density at radius 2 is 2.08 bits per heavy atom. The first kappa shape index (κ1) is 14.7. The molecule has 1 saturated carbocycles. The zero-order valence-electron chi connectivity index (χ0n) is 13.2. The van der Waals surface area contributed by atoms with Gasteiger partial charge in [0.2, 0.25) is 0 Å². The maximum atomic E-state index is 12.8. The molecule has 2 aliphatic heterocycles. The van der Waals surface area contributed by atoms with Crippen LogP contribution in [-0.2, 0) is 19.1 Å². The summed E-state index contributed by atoms with van der Waals surface area (Å²) in [6, 6.07) is 8.23. The molecule has 24 heavy (non-hydrogen) atoms. The molecule has 0 radical (unpaired) electrons. The van der Waals surface area contributed by atoms with Crippen LogP contribution >= 0.6 is 15.9 Å². The Morgan fingerprint density at radius 3 is 2.83 bits per heavy atom. The van der Waals surface area contributed by atoms with Gasteiger partial charge in [-0.2, -0.15) is 0 Å². The predicted molar refractivity (Wildman–Crippen MR) is 89.8 cm³/mol. The van der Waals surface area contributed by atoms with Crippen LogP contribution in [0.3, 0.4) is 0 Å². The highest BCUT2D eigenvalue weighted by molar-refractivity contribution is 9.10. The normalized spacial score (nSPS) is 41.2. The molecule has 0 spiro atoms. The number of ether oxygens (including phenoxy) is 2. The minimum absolute atomic E-state index is 0.0322. The fraction of sp³-hybridized carbons (Fsp3) is 0.474. The van der Waals surface area contributed by atoms with E-state index in [0.717, 1.165) is 6.42 Å². The number of hydrogen-bond acceptors (Lipinski definition) is 4. The number of fused-ring (bicyclic) bond motifs is 3. The Balaban J connectivity index is 1.80. The van der Waals surface area contributed by atoms with Crippen molar-refractivity contribution in [3.05, 3.63) is 47.0 Å². The summed E-state index contributed by atoms with van der Waals surface area (Å²) >= 11 is 3.80. The zero-order chi connectivity index (χ0) is 16.6. The van der Waals surface area contributed by atoms with E-state index in [9.17, 15) is 9.59 Å². The van der Waals surface area contributed by atoms with Crippen molar-refractivity contribution in [2.75, 3.05) is 7.11 Å². The van der Waals surface area contributed by atoms with Crippen LogP contribution in [0.1, 0.15) is 35.8 Å². The summed E-state index contributed by atoms with van der Waals surface area (Å²) in [5.41, 5.74) is 3.55. The summed E-state index contributed by atoms with van der Waals surface area (Å²) < 4.78 is 9.99. The van der Waals surface area contributed by atoms with Crippen molar-refractivity contribution in [2.24, 2.45) is 11.8 Å². The molecule has 6 atom stereocenters. The van der Waals surface area contributed by atoms with Gasteiger partial charge in [0.25, 0.3) is 0 Å². The Hall–Kier alpha value is -1.62. The van der Waals surface area contributed by atoms with Crippen molar-refractivity contribution in [3.8, 4) is 0 Å². The summed E-state index contributed by atoms with van der Waals surface area (Å²) in [6.45, 7) is 0. The number of rotatable bonds is 1.